The lowest BCUT2D eigenvalue weighted by molar-refractivity contribution is -0.275. The molecule has 8 nitrogen and oxygen atoms in total. The van der Waals surface area contributed by atoms with Gasteiger partial charge in [0.15, 0.2) is 0 Å². The van der Waals surface area contributed by atoms with Crippen LogP contribution in [0.15, 0.2) is 6.07 Å². The zero-order chi connectivity index (χ0) is 25.4. The van der Waals surface area contributed by atoms with Gasteiger partial charge in [-0.15, -0.1) is 13.2 Å². The van der Waals surface area contributed by atoms with E-state index >= 15 is 0 Å². The van der Waals surface area contributed by atoms with Crippen LogP contribution < -0.4 is 16.2 Å². The number of hydrogen-bond donors (Lipinski definition) is 2. The summed E-state index contributed by atoms with van der Waals surface area (Å²) in [7, 11) is 0. The van der Waals surface area contributed by atoms with Gasteiger partial charge in [-0.05, 0) is 59.7 Å². The molecule has 0 bridgehead atoms. The maximum Gasteiger partial charge on any atom is 0.573 e. The summed E-state index contributed by atoms with van der Waals surface area (Å²) in [5.74, 6) is -1.38. The highest BCUT2D eigenvalue weighted by molar-refractivity contribution is 6.35. The first-order valence-corrected chi connectivity index (χ1v) is 10.8. The first kappa shape index (κ1) is 28.6. The van der Waals surface area contributed by atoms with Crippen LogP contribution in [-0.2, 0) is 16.0 Å². The number of piperidine rings is 1. The number of nitrogens with zero attached hydrogens (tertiary/aromatic N) is 1. The second-order valence-corrected chi connectivity index (χ2v) is 8.64. The van der Waals surface area contributed by atoms with Crippen molar-refractivity contribution >= 4 is 29.4 Å². The molecule has 33 heavy (non-hydrogen) atoms. The SMILES string of the molecule is CC(C)(C)OC(N)=O.CCOC(=O)c1cc(OC(F)(F)F)c(CN2CCCCC2)c(Cl)c1N. The molecule has 1 aromatic rings. The van der Waals surface area contributed by atoms with Crippen molar-refractivity contribution in [1.29, 1.82) is 0 Å². The van der Waals surface area contributed by atoms with Crippen LogP contribution in [0.2, 0.25) is 5.02 Å². The Bertz CT molecular complexity index is 823. The van der Waals surface area contributed by atoms with Crippen LogP contribution in [0.5, 0.6) is 5.75 Å². The molecule has 1 aromatic carbocycles. The zero-order valence-electron chi connectivity index (χ0n) is 19.2. The highest BCUT2D eigenvalue weighted by Gasteiger charge is 2.34. The smallest absolute Gasteiger partial charge is 0.462 e. The van der Waals surface area contributed by atoms with E-state index in [1.54, 1.807) is 27.7 Å². The lowest BCUT2D eigenvalue weighted by Crippen LogP contribution is -2.30. The van der Waals surface area contributed by atoms with Gasteiger partial charge in [-0.3, -0.25) is 4.90 Å². The van der Waals surface area contributed by atoms with E-state index in [0.717, 1.165) is 38.4 Å². The van der Waals surface area contributed by atoms with E-state index in [0.29, 0.717) is 0 Å². The molecule has 188 valence electrons. The van der Waals surface area contributed by atoms with E-state index in [9.17, 15) is 22.8 Å². The number of halogens is 4. The topological polar surface area (TPSA) is 117 Å². The summed E-state index contributed by atoms with van der Waals surface area (Å²) in [6.07, 6.45) is -2.63. The summed E-state index contributed by atoms with van der Waals surface area (Å²) in [5.41, 5.74) is 9.89. The van der Waals surface area contributed by atoms with Crippen molar-refractivity contribution in [1.82, 2.24) is 4.90 Å². The molecule has 0 atom stereocenters. The number of primary amides is 1. The first-order valence-electron chi connectivity index (χ1n) is 10.4. The van der Waals surface area contributed by atoms with E-state index in [1.807, 2.05) is 4.90 Å². The van der Waals surface area contributed by atoms with Crippen LogP contribution in [0.3, 0.4) is 0 Å². The second kappa shape index (κ2) is 12.2. The van der Waals surface area contributed by atoms with Crippen molar-refractivity contribution < 1.29 is 37.0 Å². The number of ether oxygens (including phenoxy) is 3. The number of benzene rings is 1. The molecule has 1 aliphatic rings. The Hall–Kier alpha value is -2.40. The average Bonchev–Trinajstić information content (AvgIpc) is 2.66. The van der Waals surface area contributed by atoms with Gasteiger partial charge in [0.1, 0.15) is 11.4 Å². The number of amides is 1. The van der Waals surface area contributed by atoms with Gasteiger partial charge < -0.3 is 25.7 Å². The average molecular weight is 498 g/mol. The number of nitrogens with two attached hydrogens (primary N) is 2. The Balaban J connectivity index is 0.000000582. The Kier molecular flexibility index (Phi) is 10.6. The molecule has 1 fully saturated rings. The lowest BCUT2D eigenvalue weighted by atomic mass is 10.0. The molecule has 1 heterocycles. The summed E-state index contributed by atoms with van der Waals surface area (Å²) in [6.45, 7) is 8.59. The van der Waals surface area contributed by atoms with Crippen LogP contribution in [0.1, 0.15) is 62.9 Å². The van der Waals surface area contributed by atoms with E-state index in [1.165, 1.54) is 0 Å². The largest absolute Gasteiger partial charge is 0.573 e. The Morgan fingerprint density at radius 3 is 2.15 bits per heavy atom. The maximum atomic E-state index is 12.8. The van der Waals surface area contributed by atoms with Crippen molar-refractivity contribution in [3.05, 3.63) is 22.2 Å². The van der Waals surface area contributed by atoms with E-state index in [2.05, 4.69) is 9.47 Å². The van der Waals surface area contributed by atoms with Crippen molar-refractivity contribution in [3.63, 3.8) is 0 Å². The van der Waals surface area contributed by atoms with Gasteiger partial charge in [0.2, 0.25) is 0 Å². The number of carbonyl (C=O) groups excluding carboxylic acids is 2. The van der Waals surface area contributed by atoms with E-state index in [4.69, 9.17) is 27.8 Å². The number of rotatable bonds is 5. The van der Waals surface area contributed by atoms with E-state index < -0.39 is 29.8 Å². The minimum atomic E-state index is -4.91. The molecule has 0 saturated carbocycles. The predicted molar refractivity (Wildman–Crippen MR) is 118 cm³/mol. The monoisotopic (exact) mass is 497 g/mol. The van der Waals surface area contributed by atoms with E-state index in [-0.39, 0.29) is 35.0 Å². The van der Waals surface area contributed by atoms with Crippen LogP contribution in [0.25, 0.3) is 0 Å². The third kappa shape index (κ3) is 10.4. The third-order valence-electron chi connectivity index (χ3n) is 4.32. The van der Waals surface area contributed by atoms with Crippen molar-refractivity contribution in [3.8, 4) is 5.75 Å². The normalized spacial score (nSPS) is 14.7. The molecule has 0 unspecified atom stereocenters. The standard InChI is InChI=1S/C16H20ClF3N2O3.C5H11NO2/c1-2-24-15(23)10-8-12(25-16(18,19)20)11(13(17)14(10)21)9-22-6-4-3-5-7-22;1-5(2,3)8-4(6)7/h8H,2-7,9,21H2,1H3;1-3H3,(H2,6,7). The molecular formula is C21H31ClF3N3O5. The van der Waals surface area contributed by atoms with Gasteiger partial charge in [0.25, 0.3) is 0 Å². The van der Waals surface area contributed by atoms with Crippen molar-refractivity contribution in [2.24, 2.45) is 5.73 Å². The summed E-state index contributed by atoms with van der Waals surface area (Å²) >= 11 is 6.19. The first-order chi connectivity index (χ1) is 15.1. The Morgan fingerprint density at radius 2 is 1.73 bits per heavy atom. The van der Waals surface area contributed by atoms with Gasteiger partial charge in [0, 0.05) is 12.1 Å². The van der Waals surface area contributed by atoms with Crippen LogP contribution >= 0.6 is 11.6 Å². The maximum absolute atomic E-state index is 12.8. The summed E-state index contributed by atoms with van der Waals surface area (Å²) < 4.78 is 51.9. The number of carbonyl (C=O) groups is 2. The molecule has 1 amide bonds. The molecular weight excluding hydrogens is 467 g/mol. The highest BCUT2D eigenvalue weighted by Crippen LogP contribution is 2.39. The number of anilines is 1. The molecule has 0 aliphatic carbocycles. The fourth-order valence-electron chi connectivity index (χ4n) is 3.07. The lowest BCUT2D eigenvalue weighted by Gasteiger charge is -2.28. The third-order valence-corrected chi connectivity index (χ3v) is 4.75. The number of esters is 1. The van der Waals surface area contributed by atoms with Gasteiger partial charge in [-0.2, -0.15) is 0 Å². The molecule has 0 radical (unpaired) electrons. The minimum absolute atomic E-state index is 0.0564. The molecule has 2 rings (SSSR count). The van der Waals surface area contributed by atoms with Gasteiger partial charge >= 0.3 is 18.4 Å². The summed E-state index contributed by atoms with van der Waals surface area (Å²) in [5, 5.41) is -0.115. The second-order valence-electron chi connectivity index (χ2n) is 8.27. The Morgan fingerprint density at radius 1 is 1.15 bits per heavy atom. The fourth-order valence-corrected chi connectivity index (χ4v) is 3.32. The predicted octanol–water partition coefficient (Wildman–Crippen LogP) is 4.86. The zero-order valence-corrected chi connectivity index (χ0v) is 19.9. The van der Waals surface area contributed by atoms with Gasteiger partial charge in [-0.25, -0.2) is 9.59 Å². The number of alkyl halides is 3. The number of hydrogen-bond acceptors (Lipinski definition) is 7. The van der Waals surface area contributed by atoms with Crippen LogP contribution in [0, 0.1) is 0 Å². The van der Waals surface area contributed by atoms with Crippen molar-refractivity contribution in [2.75, 3.05) is 25.4 Å². The molecule has 1 aliphatic heterocycles. The number of nitrogen functional groups attached to an aromatic ring is 1. The fraction of sp³-hybridized carbons (Fsp3) is 0.619. The van der Waals surface area contributed by atoms with Crippen LogP contribution in [-0.4, -0.2) is 48.6 Å². The quantitative estimate of drug-likeness (QED) is 0.440. The van der Waals surface area contributed by atoms with Gasteiger partial charge in [-0.1, -0.05) is 18.0 Å². The van der Waals surface area contributed by atoms with Crippen molar-refractivity contribution in [2.45, 2.75) is 65.5 Å². The molecule has 0 spiro atoms. The van der Waals surface area contributed by atoms with Crippen LogP contribution in [0.4, 0.5) is 23.7 Å². The molecule has 1 saturated heterocycles. The number of likely N-dealkylation sites (tertiary alicyclic amines) is 1. The molecule has 12 heteroatoms. The summed E-state index contributed by atoms with van der Waals surface area (Å²) in [6, 6.07) is 0.950. The van der Waals surface area contributed by atoms with Gasteiger partial charge in [0.05, 0.1) is 22.9 Å². The summed E-state index contributed by atoms with van der Waals surface area (Å²) in [4.78, 5) is 23.9. The molecule has 0 aromatic heterocycles. The Labute approximate surface area is 196 Å². The highest BCUT2D eigenvalue weighted by atomic mass is 35.5. The minimum Gasteiger partial charge on any atom is -0.462 e. The molecule has 4 N–H and O–H groups in total.